The maximum Gasteiger partial charge on any atom is 0.251 e. The van der Waals surface area contributed by atoms with E-state index in [1.165, 1.54) is 0 Å². The normalized spacial score (nSPS) is 13.4. The van der Waals surface area contributed by atoms with Crippen LogP contribution in [0.5, 0.6) is 0 Å². The second kappa shape index (κ2) is 8.47. The lowest BCUT2D eigenvalue weighted by Crippen LogP contribution is -2.30. The molecule has 1 aliphatic rings. The molecule has 1 aromatic heterocycles. The number of carbonyl (C=O) groups excluding carboxylic acids is 2. The molecule has 0 bridgehead atoms. The first-order chi connectivity index (χ1) is 13.0. The van der Waals surface area contributed by atoms with Crippen LogP contribution in [0.1, 0.15) is 47.9 Å². The average molecular weight is 388 g/mol. The van der Waals surface area contributed by atoms with Crippen LogP contribution in [0.3, 0.4) is 0 Å². The molecule has 1 fully saturated rings. The van der Waals surface area contributed by atoms with E-state index in [-0.39, 0.29) is 18.4 Å². The van der Waals surface area contributed by atoms with Crippen LogP contribution in [-0.4, -0.2) is 44.6 Å². The van der Waals surface area contributed by atoms with Gasteiger partial charge >= 0.3 is 0 Å². The van der Waals surface area contributed by atoms with Gasteiger partial charge in [-0.25, -0.2) is 0 Å². The summed E-state index contributed by atoms with van der Waals surface area (Å²) in [5.41, 5.74) is 1.62. The number of aromatic nitrogens is 3. The van der Waals surface area contributed by atoms with Crippen LogP contribution in [0.4, 0.5) is 0 Å². The maximum absolute atomic E-state index is 12.6. The van der Waals surface area contributed by atoms with Gasteiger partial charge in [0.1, 0.15) is 12.4 Å². The van der Waals surface area contributed by atoms with Crippen LogP contribution < -0.4 is 5.32 Å². The Balaban J connectivity index is 1.58. The third-order valence-corrected chi connectivity index (χ3v) is 4.89. The van der Waals surface area contributed by atoms with Crippen molar-refractivity contribution >= 4 is 24.0 Å². The Labute approximate surface area is 163 Å². The van der Waals surface area contributed by atoms with Crippen LogP contribution in [-0.2, 0) is 24.3 Å². The van der Waals surface area contributed by atoms with E-state index in [0.717, 1.165) is 37.1 Å². The lowest BCUT2D eigenvalue weighted by atomic mass is 10.1. The minimum Gasteiger partial charge on any atom is -0.349 e. The summed E-state index contributed by atoms with van der Waals surface area (Å²) in [6.45, 7) is 2.70. The number of aromatic amines is 1. The molecule has 0 radical (unpaired) electrons. The molecule has 1 saturated carbocycles. The zero-order valence-corrected chi connectivity index (χ0v) is 16.5. The summed E-state index contributed by atoms with van der Waals surface area (Å²) in [5, 5.41) is 9.92. The fourth-order valence-electron chi connectivity index (χ4n) is 2.80. The lowest BCUT2D eigenvalue weighted by molar-refractivity contribution is -0.131. The molecule has 1 aromatic carbocycles. The minimum absolute atomic E-state index is 0.0359. The number of rotatable bonds is 8. The summed E-state index contributed by atoms with van der Waals surface area (Å²) >= 11 is 5.23. The molecule has 0 saturated heterocycles. The highest BCUT2D eigenvalue weighted by Gasteiger charge is 2.23. The Morgan fingerprint density at radius 1 is 1.33 bits per heavy atom. The van der Waals surface area contributed by atoms with E-state index in [4.69, 9.17) is 12.2 Å². The molecular weight excluding hydrogens is 362 g/mol. The summed E-state index contributed by atoms with van der Waals surface area (Å²) in [5.74, 6) is 0.724. The highest BCUT2D eigenvalue weighted by atomic mass is 32.1. The third-order valence-electron chi connectivity index (χ3n) is 4.58. The number of nitrogens with one attached hydrogen (secondary N) is 2. The number of hydrogen-bond donors (Lipinski definition) is 2. The van der Waals surface area contributed by atoms with Crippen LogP contribution in [0.15, 0.2) is 24.3 Å². The highest BCUT2D eigenvalue weighted by molar-refractivity contribution is 7.71. The zero-order valence-electron chi connectivity index (χ0n) is 15.7. The fraction of sp³-hybridized carbons (Fsp3) is 0.474. The Kier molecular flexibility index (Phi) is 6.05. The molecule has 0 atom stereocenters. The number of hydrogen-bond acceptors (Lipinski definition) is 4. The molecule has 3 rings (SSSR count). The molecule has 27 heavy (non-hydrogen) atoms. The maximum atomic E-state index is 12.6. The van der Waals surface area contributed by atoms with E-state index >= 15 is 0 Å². The van der Waals surface area contributed by atoms with Crippen molar-refractivity contribution in [2.75, 3.05) is 7.05 Å². The van der Waals surface area contributed by atoms with Crippen molar-refractivity contribution in [3.63, 3.8) is 0 Å². The van der Waals surface area contributed by atoms with Gasteiger partial charge in [-0.1, -0.05) is 19.1 Å². The number of aryl methyl sites for hydroxylation is 1. The molecule has 1 aliphatic carbocycles. The molecular formula is C19H25N5O2S. The van der Waals surface area contributed by atoms with Gasteiger partial charge in [0, 0.05) is 31.6 Å². The summed E-state index contributed by atoms with van der Waals surface area (Å²) in [4.78, 5) is 26.3. The second-order valence-electron chi connectivity index (χ2n) is 6.98. The monoisotopic (exact) mass is 387 g/mol. The third kappa shape index (κ3) is 5.03. The van der Waals surface area contributed by atoms with E-state index in [9.17, 15) is 9.59 Å². The summed E-state index contributed by atoms with van der Waals surface area (Å²) < 4.78 is 2.22. The van der Waals surface area contributed by atoms with E-state index < -0.39 is 0 Å². The number of benzene rings is 1. The van der Waals surface area contributed by atoms with Crippen molar-refractivity contribution < 1.29 is 9.59 Å². The Hall–Kier alpha value is -2.48. The van der Waals surface area contributed by atoms with Crippen molar-refractivity contribution in [1.82, 2.24) is 25.0 Å². The van der Waals surface area contributed by atoms with Gasteiger partial charge < -0.3 is 10.2 Å². The number of amides is 2. The van der Waals surface area contributed by atoms with Gasteiger partial charge in [0.15, 0.2) is 4.77 Å². The van der Waals surface area contributed by atoms with Gasteiger partial charge in [-0.2, -0.15) is 5.10 Å². The smallest absolute Gasteiger partial charge is 0.251 e. The summed E-state index contributed by atoms with van der Waals surface area (Å²) in [6.07, 6.45) is 3.84. The molecule has 1 heterocycles. The number of likely N-dealkylation sites (N-methyl/N-ethyl adjacent to an activating group) is 1. The lowest BCUT2D eigenvalue weighted by Gasteiger charge is -2.18. The molecule has 2 aromatic rings. The fourth-order valence-corrected chi connectivity index (χ4v) is 3.02. The average Bonchev–Trinajstić information content (AvgIpc) is 3.41. The topological polar surface area (TPSA) is 83.0 Å². The molecule has 0 spiro atoms. The van der Waals surface area contributed by atoms with E-state index in [2.05, 4.69) is 22.4 Å². The Morgan fingerprint density at radius 2 is 2.04 bits per heavy atom. The first kappa shape index (κ1) is 19.3. The van der Waals surface area contributed by atoms with E-state index in [1.54, 1.807) is 28.6 Å². The first-order valence-electron chi connectivity index (χ1n) is 9.25. The second-order valence-corrected chi connectivity index (χ2v) is 7.36. The highest BCUT2D eigenvalue weighted by Crippen LogP contribution is 2.19. The molecule has 144 valence electrons. The predicted molar refractivity (Wildman–Crippen MR) is 105 cm³/mol. The molecule has 7 nitrogen and oxygen atoms in total. The Bertz CT molecular complexity index is 867. The quantitative estimate of drug-likeness (QED) is 0.682. The van der Waals surface area contributed by atoms with Gasteiger partial charge in [-0.15, -0.1) is 0 Å². The predicted octanol–water partition coefficient (Wildman–Crippen LogP) is 2.44. The number of H-pyrrole nitrogens is 1. The molecule has 0 aliphatic heterocycles. The number of nitrogens with zero attached hydrogens (tertiary/aromatic N) is 3. The number of carbonyl (C=O) groups is 2. The van der Waals surface area contributed by atoms with Crippen molar-refractivity contribution in [3.8, 4) is 0 Å². The molecule has 0 unspecified atom stereocenters. The van der Waals surface area contributed by atoms with Gasteiger partial charge in [0.2, 0.25) is 5.91 Å². The van der Waals surface area contributed by atoms with Crippen molar-refractivity contribution in [2.24, 2.45) is 0 Å². The van der Waals surface area contributed by atoms with Crippen molar-refractivity contribution in [3.05, 3.63) is 46.0 Å². The van der Waals surface area contributed by atoms with Gasteiger partial charge in [0.25, 0.3) is 5.91 Å². The molecule has 2 N–H and O–H groups in total. The van der Waals surface area contributed by atoms with Crippen LogP contribution in [0.25, 0.3) is 0 Å². The summed E-state index contributed by atoms with van der Waals surface area (Å²) in [6, 6.07) is 7.72. The van der Waals surface area contributed by atoms with E-state index in [0.29, 0.717) is 22.9 Å². The summed E-state index contributed by atoms with van der Waals surface area (Å²) in [7, 11) is 1.76. The molecule has 2 amide bonds. The molecule has 8 heteroatoms. The van der Waals surface area contributed by atoms with Gasteiger partial charge in [-0.05, 0) is 49.2 Å². The van der Waals surface area contributed by atoms with Crippen LogP contribution >= 0.6 is 12.2 Å². The van der Waals surface area contributed by atoms with Crippen molar-refractivity contribution in [1.29, 1.82) is 0 Å². The van der Waals surface area contributed by atoms with Crippen LogP contribution in [0.2, 0.25) is 0 Å². The largest absolute Gasteiger partial charge is 0.349 e. The SMILES string of the molecule is CCCc1n[nH]c(=S)n1CC(=O)N(C)Cc1ccc(C(=O)NC2CC2)cc1. The zero-order chi connectivity index (χ0) is 19.4. The van der Waals surface area contributed by atoms with Gasteiger partial charge in [-0.3, -0.25) is 19.3 Å². The van der Waals surface area contributed by atoms with E-state index in [1.807, 2.05) is 12.1 Å². The standard InChI is InChI=1S/C19H25N5O2S/c1-3-4-16-21-22-19(27)24(16)12-17(25)23(2)11-13-5-7-14(8-6-13)18(26)20-15-9-10-15/h5-8,15H,3-4,9-12H2,1-2H3,(H,20,26)(H,22,27). The minimum atomic E-state index is -0.0413. The first-order valence-corrected chi connectivity index (χ1v) is 9.66. The van der Waals surface area contributed by atoms with Gasteiger partial charge in [0.05, 0.1) is 0 Å². The van der Waals surface area contributed by atoms with Crippen molar-refractivity contribution in [2.45, 2.75) is 51.7 Å². The van der Waals surface area contributed by atoms with Crippen LogP contribution in [0, 0.1) is 4.77 Å². The Morgan fingerprint density at radius 3 is 2.67 bits per heavy atom.